The zero-order chi connectivity index (χ0) is 20.2. The number of nitrogens with zero attached hydrogens (tertiary/aromatic N) is 5. The number of anilines is 1. The number of pyridine rings is 2. The normalized spacial score (nSPS) is 11.2. The minimum Gasteiger partial charge on any atom is -0.481 e. The van der Waals surface area contributed by atoms with E-state index in [4.69, 9.17) is 4.74 Å². The van der Waals surface area contributed by atoms with E-state index in [-0.39, 0.29) is 0 Å². The summed E-state index contributed by atoms with van der Waals surface area (Å²) in [5.74, 6) is 1.53. The Morgan fingerprint density at radius 2 is 1.90 bits per heavy atom. The lowest BCUT2D eigenvalue weighted by Crippen LogP contribution is -2.10. The van der Waals surface area contributed by atoms with Gasteiger partial charge in [-0.15, -0.1) is 10.2 Å². The number of hydrogen-bond acceptors (Lipinski definition) is 6. The van der Waals surface area contributed by atoms with Crippen molar-refractivity contribution in [2.24, 2.45) is 0 Å². The molecule has 0 saturated carbocycles. The fraction of sp³-hybridized carbons (Fsp3) is 0.227. The molecule has 0 bridgehead atoms. The minimum atomic E-state index is 0.586. The van der Waals surface area contributed by atoms with Gasteiger partial charge in [0, 0.05) is 30.4 Å². The number of rotatable bonds is 7. The molecule has 0 amide bonds. The van der Waals surface area contributed by atoms with Gasteiger partial charge in [0.2, 0.25) is 5.88 Å². The molecule has 0 unspecified atom stereocenters. The summed E-state index contributed by atoms with van der Waals surface area (Å²) in [7, 11) is 5.77. The highest BCUT2D eigenvalue weighted by atomic mass is 16.5. The molecule has 0 aliphatic rings. The molecule has 0 fully saturated rings. The zero-order valence-electron chi connectivity index (χ0n) is 16.8. The average Bonchev–Trinajstić information content (AvgIpc) is 3.23. The Kier molecular flexibility index (Phi) is 5.39. The van der Waals surface area contributed by atoms with Crippen LogP contribution in [-0.2, 0) is 13.1 Å². The van der Waals surface area contributed by atoms with Gasteiger partial charge in [0.05, 0.1) is 7.11 Å². The molecule has 1 N–H and O–H groups in total. The van der Waals surface area contributed by atoms with Crippen LogP contribution in [-0.4, -0.2) is 45.7 Å². The van der Waals surface area contributed by atoms with Crippen LogP contribution < -0.4 is 10.1 Å². The summed E-state index contributed by atoms with van der Waals surface area (Å²) in [6.07, 6.45) is 3.45. The highest BCUT2D eigenvalue weighted by molar-refractivity contribution is 5.79. The highest BCUT2D eigenvalue weighted by Gasteiger charge is 2.11. The van der Waals surface area contributed by atoms with E-state index in [1.807, 2.05) is 22.6 Å². The van der Waals surface area contributed by atoms with Gasteiger partial charge < -0.3 is 15.0 Å². The van der Waals surface area contributed by atoms with Crippen LogP contribution in [0.3, 0.4) is 0 Å². The number of aromatic nitrogens is 4. The number of benzene rings is 1. The topological polar surface area (TPSA) is 67.6 Å². The van der Waals surface area contributed by atoms with Gasteiger partial charge in [0.1, 0.15) is 12.1 Å². The maximum Gasteiger partial charge on any atom is 0.218 e. The second-order valence-corrected chi connectivity index (χ2v) is 7.12. The summed E-state index contributed by atoms with van der Waals surface area (Å²) in [6, 6.07) is 16.6. The molecule has 3 heterocycles. The van der Waals surface area contributed by atoms with E-state index in [2.05, 4.69) is 69.8 Å². The van der Waals surface area contributed by atoms with Gasteiger partial charge in [-0.2, -0.15) is 0 Å². The molecule has 3 aromatic heterocycles. The van der Waals surface area contributed by atoms with E-state index in [9.17, 15) is 0 Å². The molecule has 0 aliphatic carbocycles. The molecular formula is C22H24N6O. The van der Waals surface area contributed by atoms with Crippen LogP contribution in [0.4, 0.5) is 5.82 Å². The maximum absolute atomic E-state index is 5.33. The molecule has 0 spiro atoms. The lowest BCUT2D eigenvalue weighted by Gasteiger charge is -2.13. The molecule has 7 nitrogen and oxygen atoms in total. The molecule has 0 atom stereocenters. The molecule has 7 heteroatoms. The zero-order valence-corrected chi connectivity index (χ0v) is 16.8. The second-order valence-electron chi connectivity index (χ2n) is 7.12. The SMILES string of the molecule is COc1ncccc1CNc1ccc(-c2ccc(CN(C)C)cc2)c2nncn12. The largest absolute Gasteiger partial charge is 0.481 e. The summed E-state index contributed by atoms with van der Waals surface area (Å²) in [6.45, 7) is 1.50. The Bertz CT molecular complexity index is 1100. The standard InChI is InChI=1S/C22H24N6O/c1-27(2)14-16-6-8-17(9-7-16)19-10-11-20(28-15-25-26-21(19)28)24-13-18-5-4-12-23-22(18)29-3/h4-12,15,24H,13-14H2,1-3H3. The van der Waals surface area contributed by atoms with Crippen LogP contribution in [0.25, 0.3) is 16.8 Å². The number of ether oxygens (including phenoxy) is 1. The second kappa shape index (κ2) is 8.28. The highest BCUT2D eigenvalue weighted by Crippen LogP contribution is 2.27. The molecule has 4 aromatic rings. The first-order valence-corrected chi connectivity index (χ1v) is 9.44. The smallest absolute Gasteiger partial charge is 0.218 e. The summed E-state index contributed by atoms with van der Waals surface area (Å²) in [4.78, 5) is 6.40. The van der Waals surface area contributed by atoms with E-state index in [0.29, 0.717) is 12.4 Å². The fourth-order valence-electron chi connectivity index (χ4n) is 3.36. The predicted octanol–water partition coefficient (Wildman–Crippen LogP) is 3.47. The Labute approximate surface area is 170 Å². The van der Waals surface area contributed by atoms with Crippen molar-refractivity contribution >= 4 is 11.5 Å². The van der Waals surface area contributed by atoms with Crippen LogP contribution in [0.2, 0.25) is 0 Å². The van der Waals surface area contributed by atoms with E-state index in [1.165, 1.54) is 5.56 Å². The maximum atomic E-state index is 5.33. The minimum absolute atomic E-state index is 0.586. The van der Waals surface area contributed by atoms with Crippen molar-refractivity contribution in [2.45, 2.75) is 13.1 Å². The number of fused-ring (bicyclic) bond motifs is 1. The molecular weight excluding hydrogens is 364 g/mol. The van der Waals surface area contributed by atoms with Gasteiger partial charge in [0.25, 0.3) is 0 Å². The van der Waals surface area contributed by atoms with E-state index in [1.54, 1.807) is 19.6 Å². The van der Waals surface area contributed by atoms with Gasteiger partial charge in [-0.1, -0.05) is 30.3 Å². The summed E-state index contributed by atoms with van der Waals surface area (Å²) in [5, 5.41) is 11.9. The number of hydrogen-bond donors (Lipinski definition) is 1. The Morgan fingerprint density at radius 3 is 2.66 bits per heavy atom. The van der Waals surface area contributed by atoms with Crippen LogP contribution >= 0.6 is 0 Å². The third-order valence-corrected chi connectivity index (χ3v) is 4.72. The van der Waals surface area contributed by atoms with Crippen molar-refractivity contribution in [3.63, 3.8) is 0 Å². The van der Waals surface area contributed by atoms with Gasteiger partial charge in [-0.05, 0) is 43.4 Å². The van der Waals surface area contributed by atoms with Gasteiger partial charge in [0.15, 0.2) is 5.65 Å². The quantitative estimate of drug-likeness (QED) is 0.523. The van der Waals surface area contributed by atoms with Crippen LogP contribution in [0.1, 0.15) is 11.1 Å². The van der Waals surface area contributed by atoms with E-state index < -0.39 is 0 Å². The Morgan fingerprint density at radius 1 is 1.07 bits per heavy atom. The third-order valence-electron chi connectivity index (χ3n) is 4.72. The van der Waals surface area contributed by atoms with Gasteiger partial charge >= 0.3 is 0 Å². The Hall–Kier alpha value is -3.45. The van der Waals surface area contributed by atoms with Crippen molar-refractivity contribution in [1.29, 1.82) is 0 Å². The van der Waals surface area contributed by atoms with Gasteiger partial charge in [-0.25, -0.2) is 4.98 Å². The molecule has 0 radical (unpaired) electrons. The molecule has 0 saturated heterocycles. The van der Waals surface area contributed by atoms with E-state index in [0.717, 1.165) is 34.7 Å². The van der Waals surface area contributed by atoms with Crippen LogP contribution in [0.5, 0.6) is 5.88 Å². The van der Waals surface area contributed by atoms with Crippen molar-refractivity contribution in [3.05, 3.63) is 72.2 Å². The molecule has 0 aliphatic heterocycles. The lowest BCUT2D eigenvalue weighted by atomic mass is 10.0. The first kappa shape index (κ1) is 18.9. The molecule has 148 valence electrons. The van der Waals surface area contributed by atoms with Crippen molar-refractivity contribution in [3.8, 4) is 17.0 Å². The Balaban J connectivity index is 1.60. The average molecular weight is 388 g/mol. The summed E-state index contributed by atoms with van der Waals surface area (Å²) >= 11 is 0. The predicted molar refractivity (Wildman–Crippen MR) is 114 cm³/mol. The molecule has 4 rings (SSSR count). The summed E-state index contributed by atoms with van der Waals surface area (Å²) in [5.41, 5.74) is 5.24. The van der Waals surface area contributed by atoms with Crippen LogP contribution in [0.15, 0.2) is 61.1 Å². The number of methoxy groups -OCH3 is 1. The van der Waals surface area contributed by atoms with Crippen LogP contribution in [0, 0.1) is 0 Å². The van der Waals surface area contributed by atoms with Crippen molar-refractivity contribution < 1.29 is 4.74 Å². The van der Waals surface area contributed by atoms with Gasteiger partial charge in [-0.3, -0.25) is 4.40 Å². The third kappa shape index (κ3) is 4.05. The monoisotopic (exact) mass is 388 g/mol. The number of nitrogens with one attached hydrogen (secondary N) is 1. The van der Waals surface area contributed by atoms with Crippen molar-refractivity contribution in [2.75, 3.05) is 26.5 Å². The van der Waals surface area contributed by atoms with E-state index >= 15 is 0 Å². The lowest BCUT2D eigenvalue weighted by molar-refractivity contribution is 0.393. The first-order valence-electron chi connectivity index (χ1n) is 9.44. The van der Waals surface area contributed by atoms with Crippen molar-refractivity contribution in [1.82, 2.24) is 24.5 Å². The molecule has 1 aromatic carbocycles. The fourth-order valence-corrected chi connectivity index (χ4v) is 3.36. The summed E-state index contributed by atoms with van der Waals surface area (Å²) < 4.78 is 7.30. The molecule has 29 heavy (non-hydrogen) atoms. The first-order chi connectivity index (χ1) is 14.2.